The van der Waals surface area contributed by atoms with Crippen molar-refractivity contribution in [2.45, 2.75) is 0 Å². The van der Waals surface area contributed by atoms with Crippen molar-refractivity contribution in [1.29, 1.82) is 0 Å². The molecular weight excluding hydrogens is 240 g/mol. The minimum Gasteiger partial charge on any atom is -0.0984 e. The van der Waals surface area contributed by atoms with E-state index < -0.39 is 0 Å². The van der Waals surface area contributed by atoms with E-state index in [0.717, 1.165) is 22.3 Å². The van der Waals surface area contributed by atoms with Crippen LogP contribution in [-0.2, 0) is 0 Å². The third kappa shape index (κ3) is 4.25. The lowest BCUT2D eigenvalue weighted by Gasteiger charge is -1.96. The number of benzene rings is 2. The van der Waals surface area contributed by atoms with Crippen molar-refractivity contribution < 1.29 is 0 Å². The third-order valence-electron chi connectivity index (χ3n) is 2.87. The van der Waals surface area contributed by atoms with Gasteiger partial charge in [-0.2, -0.15) is 0 Å². The summed E-state index contributed by atoms with van der Waals surface area (Å²) >= 11 is 0. The molecule has 0 fully saturated rings. The Morgan fingerprint density at radius 3 is 0.800 bits per heavy atom. The summed E-state index contributed by atoms with van der Waals surface area (Å²) in [6.07, 6.45) is 7.32. The number of hydrogen-bond donors (Lipinski definition) is 0. The van der Waals surface area contributed by atoms with Gasteiger partial charge in [0.15, 0.2) is 0 Å². The normalized spacial score (nSPS) is 8.80. The molecule has 2 aromatic carbocycles. The van der Waals surface area contributed by atoms with Crippen LogP contribution in [0.4, 0.5) is 0 Å². The van der Waals surface area contributed by atoms with Gasteiger partial charge in [-0.3, -0.25) is 0 Å². The summed E-state index contributed by atoms with van der Waals surface area (Å²) in [5.41, 5.74) is 4.55. The summed E-state index contributed by atoms with van der Waals surface area (Å²) < 4.78 is 0. The van der Waals surface area contributed by atoms with Crippen LogP contribution >= 0.6 is 0 Å². The van der Waals surface area contributed by atoms with E-state index in [1.165, 1.54) is 0 Å². The highest BCUT2D eigenvalue weighted by atomic mass is 13.9. The minimum atomic E-state index is 1.14. The molecule has 20 heavy (non-hydrogen) atoms. The molecule has 0 heterocycles. The van der Waals surface area contributed by atoms with Gasteiger partial charge < -0.3 is 0 Å². The van der Waals surface area contributed by atoms with Gasteiger partial charge in [0.1, 0.15) is 0 Å². The third-order valence-corrected chi connectivity index (χ3v) is 2.87. The van der Waals surface area contributed by atoms with Gasteiger partial charge in [0.05, 0.1) is 0 Å². The zero-order valence-electron chi connectivity index (χ0n) is 11.8. The van der Waals surface area contributed by atoms with Gasteiger partial charge in [-0.05, 0) is 22.3 Å². The summed E-state index contributed by atoms with van der Waals surface area (Å²) in [6, 6.07) is 16.0. The molecule has 100 valence electrons. The molecule has 0 nitrogen and oxygen atoms in total. The van der Waals surface area contributed by atoms with Crippen LogP contribution in [-0.4, -0.2) is 0 Å². The first-order valence-corrected chi connectivity index (χ1v) is 6.44. The van der Waals surface area contributed by atoms with Crippen molar-refractivity contribution in [3.05, 3.63) is 97.1 Å². The first-order valence-electron chi connectivity index (χ1n) is 6.44. The van der Waals surface area contributed by atoms with Crippen molar-refractivity contribution in [3.63, 3.8) is 0 Å². The average Bonchev–Trinajstić information content (AvgIpc) is 2.55. The zero-order valence-corrected chi connectivity index (χ0v) is 11.8. The summed E-state index contributed by atoms with van der Waals surface area (Å²) in [5, 5.41) is 0. The molecule has 0 bridgehead atoms. The van der Waals surface area contributed by atoms with Crippen LogP contribution in [0.3, 0.4) is 0 Å². The van der Waals surface area contributed by atoms with Crippen molar-refractivity contribution in [2.75, 3.05) is 0 Å². The predicted octanol–water partition coefficient (Wildman–Crippen LogP) is 5.95. The van der Waals surface area contributed by atoms with Crippen molar-refractivity contribution in [2.24, 2.45) is 0 Å². The Balaban J connectivity index is 0.000000200. The molecule has 0 spiro atoms. The molecule has 0 aliphatic rings. The highest BCUT2D eigenvalue weighted by Crippen LogP contribution is 2.10. The summed E-state index contributed by atoms with van der Waals surface area (Å²) in [4.78, 5) is 0. The van der Waals surface area contributed by atoms with Gasteiger partial charge in [-0.15, -0.1) is 0 Å². The fourth-order valence-electron chi connectivity index (χ4n) is 1.77. The largest absolute Gasteiger partial charge is 0.0984 e. The van der Waals surface area contributed by atoms with E-state index in [0.29, 0.717) is 0 Å². The van der Waals surface area contributed by atoms with Gasteiger partial charge in [-0.1, -0.05) is 99.2 Å². The minimum absolute atomic E-state index is 1.14. The van der Waals surface area contributed by atoms with E-state index in [9.17, 15) is 0 Å². The highest BCUT2D eigenvalue weighted by Gasteiger charge is 1.90. The van der Waals surface area contributed by atoms with Gasteiger partial charge in [0, 0.05) is 0 Å². The molecule has 0 saturated heterocycles. The Morgan fingerprint density at radius 1 is 0.450 bits per heavy atom. The molecule has 0 aliphatic carbocycles. The Kier molecular flexibility index (Phi) is 6.56. The number of rotatable bonds is 4. The van der Waals surface area contributed by atoms with Crippen LogP contribution in [0.2, 0.25) is 0 Å². The maximum absolute atomic E-state index is 3.69. The fraction of sp³-hybridized carbons (Fsp3) is 0. The highest BCUT2D eigenvalue weighted by molar-refractivity contribution is 5.63. The first kappa shape index (κ1) is 15.5. The van der Waals surface area contributed by atoms with Gasteiger partial charge in [0.2, 0.25) is 0 Å². The van der Waals surface area contributed by atoms with Crippen molar-refractivity contribution in [1.82, 2.24) is 0 Å². The van der Waals surface area contributed by atoms with Crippen molar-refractivity contribution in [3.8, 4) is 0 Å². The molecule has 0 heteroatoms. The molecule has 0 N–H and O–H groups in total. The topological polar surface area (TPSA) is 0 Å². The Hall–Kier alpha value is -2.60. The summed E-state index contributed by atoms with van der Waals surface area (Å²) in [5.74, 6) is 0. The second kappa shape index (κ2) is 8.49. The van der Waals surface area contributed by atoms with E-state index in [4.69, 9.17) is 0 Å². The molecule has 0 unspecified atom stereocenters. The van der Waals surface area contributed by atoms with Crippen molar-refractivity contribution >= 4 is 24.3 Å². The maximum Gasteiger partial charge on any atom is -0.0190 e. The average molecular weight is 260 g/mol. The van der Waals surface area contributed by atoms with Crippen LogP contribution < -0.4 is 0 Å². The van der Waals surface area contributed by atoms with Crippen LogP contribution in [0, 0.1) is 0 Å². The van der Waals surface area contributed by atoms with E-state index >= 15 is 0 Å². The molecule has 2 aromatic rings. The lowest BCUT2D eigenvalue weighted by molar-refractivity contribution is 1.62. The first-order chi connectivity index (χ1) is 9.76. The van der Waals surface area contributed by atoms with E-state index in [-0.39, 0.29) is 0 Å². The Morgan fingerprint density at radius 2 is 0.650 bits per heavy atom. The second-order valence-corrected chi connectivity index (χ2v) is 4.07. The molecular formula is C20H20. The SMILES string of the molecule is C=Cc1ccccc1C=C.C=Cc1ccccc1C=C. The maximum atomic E-state index is 3.69. The van der Waals surface area contributed by atoms with Crippen LogP contribution in [0.1, 0.15) is 22.3 Å². The van der Waals surface area contributed by atoms with Gasteiger partial charge in [0.25, 0.3) is 0 Å². The monoisotopic (exact) mass is 260 g/mol. The molecule has 0 saturated carbocycles. The van der Waals surface area contributed by atoms with Crippen LogP contribution in [0.5, 0.6) is 0 Å². The molecule has 2 rings (SSSR count). The van der Waals surface area contributed by atoms with E-state index in [1.807, 2.05) is 72.8 Å². The predicted molar refractivity (Wildman–Crippen MR) is 93.2 cm³/mol. The lowest BCUT2D eigenvalue weighted by atomic mass is 10.1. The van der Waals surface area contributed by atoms with Crippen LogP contribution in [0.15, 0.2) is 74.8 Å². The summed E-state index contributed by atoms with van der Waals surface area (Å²) in [6.45, 7) is 14.8. The quantitative estimate of drug-likeness (QED) is 0.637. The Labute approximate surface area is 122 Å². The molecule has 0 atom stereocenters. The van der Waals surface area contributed by atoms with Gasteiger partial charge in [-0.25, -0.2) is 0 Å². The Bertz CT molecular complexity index is 493. The molecule has 0 aromatic heterocycles. The number of hydrogen-bond acceptors (Lipinski definition) is 0. The standard InChI is InChI=1S/2C10H10/c2*1-3-9-7-5-6-8-10(9)4-2/h2*3-8H,1-2H2. The smallest absolute Gasteiger partial charge is 0.0190 e. The molecule has 0 radical (unpaired) electrons. The zero-order chi connectivity index (χ0) is 14.8. The fourth-order valence-corrected chi connectivity index (χ4v) is 1.77. The second-order valence-electron chi connectivity index (χ2n) is 4.07. The molecule has 0 amide bonds. The van der Waals surface area contributed by atoms with Gasteiger partial charge >= 0.3 is 0 Å². The van der Waals surface area contributed by atoms with E-state index in [2.05, 4.69) is 26.3 Å². The molecule has 0 aliphatic heterocycles. The van der Waals surface area contributed by atoms with E-state index in [1.54, 1.807) is 0 Å². The summed E-state index contributed by atoms with van der Waals surface area (Å²) in [7, 11) is 0. The lowest BCUT2D eigenvalue weighted by Crippen LogP contribution is -1.76. The van der Waals surface area contributed by atoms with Crippen LogP contribution in [0.25, 0.3) is 24.3 Å².